The number of carbonyl (C=O) groups excluding carboxylic acids is 1. The lowest BCUT2D eigenvalue weighted by molar-refractivity contribution is 0.000241. The Morgan fingerprint density at radius 3 is 2.32 bits per heavy atom. The second-order valence-corrected chi connectivity index (χ2v) is 6.38. The molecule has 8 heteroatoms. The molecule has 0 aromatic rings. The van der Waals surface area contributed by atoms with Gasteiger partial charge in [-0.2, -0.15) is 4.31 Å². The number of nitrogens with zero attached hydrogens (tertiary/aromatic N) is 1. The molecule has 19 heavy (non-hydrogen) atoms. The average molecular weight is 296 g/mol. The minimum atomic E-state index is -3.28. The Balaban J connectivity index is 4.61. The van der Waals surface area contributed by atoms with Crippen LogP contribution in [0.15, 0.2) is 0 Å². The molecule has 114 valence electrons. The van der Waals surface area contributed by atoms with Gasteiger partial charge in [-0.25, -0.2) is 13.2 Å². The van der Waals surface area contributed by atoms with Crippen molar-refractivity contribution in [3.05, 3.63) is 0 Å². The summed E-state index contributed by atoms with van der Waals surface area (Å²) >= 11 is 0. The Bertz CT molecular complexity index is 369. The first-order valence-corrected chi connectivity index (χ1v) is 7.97. The van der Waals surface area contributed by atoms with Crippen LogP contribution in [0.3, 0.4) is 0 Å². The second kappa shape index (κ2) is 8.34. The largest absolute Gasteiger partial charge is 0.453 e. The fraction of sp³-hybridized carbons (Fsp3) is 0.909. The molecule has 0 saturated heterocycles. The highest BCUT2D eigenvalue weighted by Crippen LogP contribution is 2.05. The molecule has 0 heterocycles. The second-order valence-electron chi connectivity index (χ2n) is 4.39. The van der Waals surface area contributed by atoms with E-state index >= 15 is 0 Å². The Hall–Kier alpha value is -0.860. The van der Waals surface area contributed by atoms with Crippen LogP contribution in [0.4, 0.5) is 4.79 Å². The minimum Gasteiger partial charge on any atom is -0.453 e. The first-order valence-electron chi connectivity index (χ1n) is 6.13. The van der Waals surface area contributed by atoms with Crippen molar-refractivity contribution in [2.45, 2.75) is 33.0 Å². The topological polar surface area (TPSA) is 84.9 Å². The van der Waals surface area contributed by atoms with Crippen LogP contribution in [0.1, 0.15) is 20.8 Å². The summed E-state index contributed by atoms with van der Waals surface area (Å²) < 4.78 is 34.4. The molecule has 0 aromatic heterocycles. The Kier molecular flexibility index (Phi) is 7.96. The van der Waals surface area contributed by atoms with E-state index in [1.54, 1.807) is 6.92 Å². The van der Waals surface area contributed by atoms with Crippen LogP contribution >= 0.6 is 0 Å². The lowest BCUT2D eigenvalue weighted by Gasteiger charge is -2.26. The van der Waals surface area contributed by atoms with Gasteiger partial charge in [-0.1, -0.05) is 6.92 Å². The summed E-state index contributed by atoms with van der Waals surface area (Å²) in [5, 5.41) is 2.51. The highest BCUT2D eigenvalue weighted by atomic mass is 32.2. The number of nitrogens with one attached hydrogen (secondary N) is 1. The zero-order valence-electron chi connectivity index (χ0n) is 12.2. The zero-order chi connectivity index (χ0) is 15.1. The maximum absolute atomic E-state index is 11.5. The van der Waals surface area contributed by atoms with E-state index in [1.165, 1.54) is 11.4 Å². The zero-order valence-corrected chi connectivity index (χ0v) is 13.0. The van der Waals surface area contributed by atoms with Gasteiger partial charge in [0.25, 0.3) is 0 Å². The minimum absolute atomic E-state index is 0.0669. The molecule has 0 fully saturated rings. The van der Waals surface area contributed by atoms with Crippen molar-refractivity contribution in [1.82, 2.24) is 9.62 Å². The molecule has 0 aliphatic rings. The Labute approximate surface area is 115 Å². The van der Waals surface area contributed by atoms with Crippen LogP contribution in [0.5, 0.6) is 0 Å². The SMILES string of the molecule is CCN(CC(CNC(=O)OC)OC(C)C)S(C)(=O)=O. The summed E-state index contributed by atoms with van der Waals surface area (Å²) in [6.45, 7) is 6.19. The van der Waals surface area contributed by atoms with Gasteiger partial charge in [0, 0.05) is 19.6 Å². The summed E-state index contributed by atoms with van der Waals surface area (Å²) in [5.41, 5.74) is 0. The number of carbonyl (C=O) groups is 1. The summed E-state index contributed by atoms with van der Waals surface area (Å²) in [7, 11) is -2.01. The van der Waals surface area contributed by atoms with E-state index < -0.39 is 22.2 Å². The van der Waals surface area contributed by atoms with Gasteiger partial charge >= 0.3 is 6.09 Å². The van der Waals surface area contributed by atoms with Gasteiger partial charge in [0.05, 0.1) is 25.6 Å². The van der Waals surface area contributed by atoms with E-state index in [2.05, 4.69) is 10.1 Å². The predicted octanol–water partition coefficient (Wildman–Crippen LogP) is 0.418. The lowest BCUT2D eigenvalue weighted by atomic mass is 10.3. The first kappa shape index (κ1) is 18.1. The van der Waals surface area contributed by atoms with Crippen LogP contribution in [0.25, 0.3) is 0 Å². The number of hydrogen-bond donors (Lipinski definition) is 1. The fourth-order valence-corrected chi connectivity index (χ4v) is 2.44. The number of alkyl carbamates (subject to hydrolysis) is 1. The molecular formula is C11H24N2O5S. The molecule has 1 unspecified atom stereocenters. The summed E-state index contributed by atoms with van der Waals surface area (Å²) in [4.78, 5) is 11.0. The van der Waals surface area contributed by atoms with E-state index in [-0.39, 0.29) is 19.2 Å². The Morgan fingerprint density at radius 1 is 1.37 bits per heavy atom. The van der Waals surface area contributed by atoms with Gasteiger partial charge in [-0.3, -0.25) is 0 Å². The maximum Gasteiger partial charge on any atom is 0.406 e. The molecule has 0 aliphatic heterocycles. The number of methoxy groups -OCH3 is 1. The van der Waals surface area contributed by atoms with Crippen molar-refractivity contribution in [3.63, 3.8) is 0 Å². The molecule has 1 N–H and O–H groups in total. The molecular weight excluding hydrogens is 272 g/mol. The molecule has 0 spiro atoms. The number of hydrogen-bond acceptors (Lipinski definition) is 5. The average Bonchev–Trinajstić information content (AvgIpc) is 2.29. The quantitative estimate of drug-likeness (QED) is 0.701. The molecule has 7 nitrogen and oxygen atoms in total. The molecule has 0 radical (unpaired) electrons. The number of sulfonamides is 1. The van der Waals surface area contributed by atoms with Crippen LogP contribution in [-0.2, 0) is 19.5 Å². The van der Waals surface area contributed by atoms with E-state index in [1.807, 2.05) is 13.8 Å². The monoisotopic (exact) mass is 296 g/mol. The van der Waals surface area contributed by atoms with Crippen molar-refractivity contribution in [1.29, 1.82) is 0 Å². The third-order valence-electron chi connectivity index (χ3n) is 2.35. The molecule has 0 saturated carbocycles. The van der Waals surface area contributed by atoms with Crippen LogP contribution in [-0.4, -0.2) is 64.0 Å². The first-order chi connectivity index (χ1) is 8.70. The van der Waals surface area contributed by atoms with Gasteiger partial charge in [0.1, 0.15) is 0 Å². The van der Waals surface area contributed by atoms with E-state index in [4.69, 9.17) is 4.74 Å². The highest BCUT2D eigenvalue weighted by Gasteiger charge is 2.22. The van der Waals surface area contributed by atoms with E-state index in [0.29, 0.717) is 6.54 Å². The third-order valence-corrected chi connectivity index (χ3v) is 3.70. The van der Waals surface area contributed by atoms with Gasteiger partial charge in [-0.05, 0) is 13.8 Å². The number of amides is 1. The van der Waals surface area contributed by atoms with Gasteiger partial charge in [0.2, 0.25) is 10.0 Å². The summed E-state index contributed by atoms with van der Waals surface area (Å²) in [6, 6.07) is 0. The van der Waals surface area contributed by atoms with E-state index in [0.717, 1.165) is 6.26 Å². The highest BCUT2D eigenvalue weighted by molar-refractivity contribution is 7.88. The van der Waals surface area contributed by atoms with Gasteiger partial charge < -0.3 is 14.8 Å². The smallest absolute Gasteiger partial charge is 0.406 e. The molecule has 0 rings (SSSR count). The predicted molar refractivity (Wildman–Crippen MR) is 72.5 cm³/mol. The molecule has 0 bridgehead atoms. The standard InChI is InChI=1S/C11H24N2O5S/c1-6-13(19(5,15)16)8-10(18-9(2)3)7-12-11(14)17-4/h9-10H,6-8H2,1-5H3,(H,12,14). The van der Waals surface area contributed by atoms with Crippen LogP contribution in [0, 0.1) is 0 Å². The van der Waals surface area contributed by atoms with Crippen LogP contribution < -0.4 is 5.32 Å². The summed E-state index contributed by atoms with van der Waals surface area (Å²) in [6.07, 6.45) is 0.0904. The van der Waals surface area contributed by atoms with Crippen molar-refractivity contribution in [3.8, 4) is 0 Å². The van der Waals surface area contributed by atoms with Gasteiger partial charge in [0.15, 0.2) is 0 Å². The van der Waals surface area contributed by atoms with Gasteiger partial charge in [-0.15, -0.1) is 0 Å². The van der Waals surface area contributed by atoms with Crippen molar-refractivity contribution < 1.29 is 22.7 Å². The van der Waals surface area contributed by atoms with Crippen molar-refractivity contribution in [2.24, 2.45) is 0 Å². The van der Waals surface area contributed by atoms with E-state index in [9.17, 15) is 13.2 Å². The molecule has 0 aromatic carbocycles. The summed E-state index contributed by atoms with van der Waals surface area (Å²) in [5.74, 6) is 0. The number of likely N-dealkylation sites (N-methyl/N-ethyl adjacent to an activating group) is 1. The molecule has 1 atom stereocenters. The fourth-order valence-electron chi connectivity index (χ4n) is 1.54. The lowest BCUT2D eigenvalue weighted by Crippen LogP contribution is -2.44. The number of rotatable bonds is 8. The third kappa shape index (κ3) is 8.02. The molecule has 0 aliphatic carbocycles. The van der Waals surface area contributed by atoms with Crippen LogP contribution in [0.2, 0.25) is 0 Å². The maximum atomic E-state index is 11.5. The Morgan fingerprint density at radius 2 is 1.95 bits per heavy atom. The number of ether oxygens (including phenoxy) is 2. The molecule has 1 amide bonds. The van der Waals surface area contributed by atoms with Crippen molar-refractivity contribution in [2.75, 3.05) is 33.0 Å². The van der Waals surface area contributed by atoms with Crippen molar-refractivity contribution >= 4 is 16.1 Å². The normalized spacial score (nSPS) is 13.6.